The predicted octanol–water partition coefficient (Wildman–Crippen LogP) is 4.05. The summed E-state index contributed by atoms with van der Waals surface area (Å²) in [4.78, 5) is 12.0. The van der Waals surface area contributed by atoms with E-state index in [1.165, 1.54) is 0 Å². The first-order valence-electron chi connectivity index (χ1n) is 7.75. The zero-order valence-corrected chi connectivity index (χ0v) is 13.8. The van der Waals surface area contributed by atoms with Crippen molar-refractivity contribution in [1.82, 2.24) is 0 Å². The van der Waals surface area contributed by atoms with E-state index in [9.17, 15) is 4.79 Å². The van der Waals surface area contributed by atoms with Crippen molar-refractivity contribution in [3.8, 4) is 11.5 Å². The van der Waals surface area contributed by atoms with Crippen LogP contribution in [0.3, 0.4) is 0 Å². The van der Waals surface area contributed by atoms with Gasteiger partial charge in [-0.3, -0.25) is 4.79 Å². The van der Waals surface area contributed by atoms with Gasteiger partial charge in [-0.15, -0.1) is 0 Å². The van der Waals surface area contributed by atoms with Gasteiger partial charge in [0.2, 0.25) is 0 Å². The lowest BCUT2D eigenvalue weighted by Gasteiger charge is -2.11. The van der Waals surface area contributed by atoms with Gasteiger partial charge in [-0.05, 0) is 42.7 Å². The lowest BCUT2D eigenvalue weighted by Crippen LogP contribution is -2.20. The summed E-state index contributed by atoms with van der Waals surface area (Å²) in [5.41, 5.74) is 1.79. The molecule has 0 fully saturated rings. The predicted molar refractivity (Wildman–Crippen MR) is 92.1 cm³/mol. The quantitative estimate of drug-likeness (QED) is 0.839. The van der Waals surface area contributed by atoms with E-state index in [2.05, 4.69) is 19.2 Å². The molecule has 4 nitrogen and oxygen atoms in total. The standard InChI is InChI=1S/C19H23NO3/c1-14(2)12-22-18-9-5-7-16(11-18)20-19(21)13-23-17-8-4-6-15(3)10-17/h4-11,14H,12-13H2,1-3H3,(H,20,21). The summed E-state index contributed by atoms with van der Waals surface area (Å²) in [7, 11) is 0. The third-order valence-electron chi connectivity index (χ3n) is 3.06. The van der Waals surface area contributed by atoms with Crippen LogP contribution in [0.4, 0.5) is 5.69 Å². The van der Waals surface area contributed by atoms with Crippen LogP contribution in [0.1, 0.15) is 19.4 Å². The fraction of sp³-hybridized carbons (Fsp3) is 0.316. The number of anilines is 1. The number of ether oxygens (including phenoxy) is 2. The molecule has 0 atom stereocenters. The highest BCUT2D eigenvalue weighted by molar-refractivity contribution is 5.92. The zero-order chi connectivity index (χ0) is 16.7. The molecule has 0 aliphatic rings. The Balaban J connectivity index is 1.86. The minimum atomic E-state index is -0.201. The second kappa shape index (κ2) is 8.22. The summed E-state index contributed by atoms with van der Waals surface area (Å²) in [5, 5.41) is 2.81. The minimum Gasteiger partial charge on any atom is -0.493 e. The SMILES string of the molecule is Cc1cccc(OCC(=O)Nc2cccc(OCC(C)C)c2)c1. The molecule has 122 valence electrons. The number of benzene rings is 2. The number of carbonyl (C=O) groups excluding carboxylic acids is 1. The van der Waals surface area contributed by atoms with Crippen molar-refractivity contribution in [3.05, 3.63) is 54.1 Å². The summed E-state index contributed by atoms with van der Waals surface area (Å²) in [5.74, 6) is 1.69. The fourth-order valence-electron chi connectivity index (χ4n) is 1.98. The van der Waals surface area contributed by atoms with E-state index in [1.54, 1.807) is 0 Å². The van der Waals surface area contributed by atoms with Gasteiger partial charge in [-0.1, -0.05) is 32.0 Å². The van der Waals surface area contributed by atoms with Crippen LogP contribution in [0.5, 0.6) is 11.5 Å². The Morgan fingerprint density at radius 2 is 1.74 bits per heavy atom. The Morgan fingerprint density at radius 3 is 2.43 bits per heavy atom. The van der Waals surface area contributed by atoms with Crippen LogP contribution < -0.4 is 14.8 Å². The lowest BCUT2D eigenvalue weighted by molar-refractivity contribution is -0.118. The Morgan fingerprint density at radius 1 is 1.04 bits per heavy atom. The van der Waals surface area contributed by atoms with Crippen LogP contribution in [0.15, 0.2) is 48.5 Å². The Hall–Kier alpha value is -2.49. The molecule has 0 unspecified atom stereocenters. The van der Waals surface area contributed by atoms with Crippen LogP contribution in [-0.2, 0) is 4.79 Å². The summed E-state index contributed by atoms with van der Waals surface area (Å²) in [6.07, 6.45) is 0. The fourth-order valence-corrected chi connectivity index (χ4v) is 1.98. The molecule has 1 amide bonds. The lowest BCUT2D eigenvalue weighted by atomic mass is 10.2. The molecule has 2 aromatic rings. The molecule has 0 aliphatic heterocycles. The molecule has 0 aromatic heterocycles. The van der Waals surface area contributed by atoms with Gasteiger partial charge in [0.25, 0.3) is 5.91 Å². The van der Waals surface area contributed by atoms with Crippen LogP contribution in [-0.4, -0.2) is 19.1 Å². The monoisotopic (exact) mass is 313 g/mol. The van der Waals surface area contributed by atoms with Crippen molar-refractivity contribution in [2.45, 2.75) is 20.8 Å². The van der Waals surface area contributed by atoms with Crippen molar-refractivity contribution in [1.29, 1.82) is 0 Å². The molecule has 0 spiro atoms. The first kappa shape index (κ1) is 16.9. The van der Waals surface area contributed by atoms with Gasteiger partial charge in [0.15, 0.2) is 6.61 Å². The maximum absolute atomic E-state index is 12.0. The first-order chi connectivity index (χ1) is 11.0. The highest BCUT2D eigenvalue weighted by Crippen LogP contribution is 2.18. The number of hydrogen-bond acceptors (Lipinski definition) is 3. The number of aryl methyl sites for hydroxylation is 1. The van der Waals surface area contributed by atoms with E-state index in [0.29, 0.717) is 24.0 Å². The highest BCUT2D eigenvalue weighted by atomic mass is 16.5. The molecule has 2 aromatic carbocycles. The van der Waals surface area contributed by atoms with E-state index < -0.39 is 0 Å². The molecule has 0 saturated heterocycles. The van der Waals surface area contributed by atoms with Gasteiger partial charge in [0.1, 0.15) is 11.5 Å². The topological polar surface area (TPSA) is 47.6 Å². The van der Waals surface area contributed by atoms with Crippen LogP contribution in [0, 0.1) is 12.8 Å². The van der Waals surface area contributed by atoms with Crippen molar-refractivity contribution < 1.29 is 14.3 Å². The minimum absolute atomic E-state index is 0.0272. The molecule has 0 saturated carbocycles. The number of rotatable bonds is 7. The van der Waals surface area contributed by atoms with E-state index in [4.69, 9.17) is 9.47 Å². The number of amides is 1. The zero-order valence-electron chi connectivity index (χ0n) is 13.8. The van der Waals surface area contributed by atoms with Gasteiger partial charge < -0.3 is 14.8 Å². The molecule has 0 heterocycles. The molecule has 0 radical (unpaired) electrons. The van der Waals surface area contributed by atoms with Gasteiger partial charge >= 0.3 is 0 Å². The average Bonchev–Trinajstić information content (AvgIpc) is 2.51. The van der Waals surface area contributed by atoms with Gasteiger partial charge in [-0.25, -0.2) is 0 Å². The maximum atomic E-state index is 12.0. The van der Waals surface area contributed by atoms with Gasteiger partial charge in [-0.2, -0.15) is 0 Å². The van der Waals surface area contributed by atoms with E-state index in [1.807, 2.05) is 55.5 Å². The molecule has 4 heteroatoms. The molecule has 0 bridgehead atoms. The molecule has 23 heavy (non-hydrogen) atoms. The normalized spacial score (nSPS) is 10.4. The van der Waals surface area contributed by atoms with E-state index in [0.717, 1.165) is 11.3 Å². The van der Waals surface area contributed by atoms with Crippen LogP contribution in [0.2, 0.25) is 0 Å². The Bertz CT molecular complexity index is 653. The van der Waals surface area contributed by atoms with E-state index >= 15 is 0 Å². The number of hydrogen-bond donors (Lipinski definition) is 1. The number of nitrogens with one attached hydrogen (secondary N) is 1. The molecule has 2 rings (SSSR count). The van der Waals surface area contributed by atoms with E-state index in [-0.39, 0.29) is 12.5 Å². The third kappa shape index (κ3) is 6.02. The largest absolute Gasteiger partial charge is 0.493 e. The number of carbonyl (C=O) groups is 1. The van der Waals surface area contributed by atoms with Crippen molar-refractivity contribution >= 4 is 11.6 Å². The summed E-state index contributed by atoms with van der Waals surface area (Å²) < 4.78 is 11.1. The maximum Gasteiger partial charge on any atom is 0.262 e. The second-order valence-electron chi connectivity index (χ2n) is 5.89. The van der Waals surface area contributed by atoms with Crippen molar-refractivity contribution in [2.75, 3.05) is 18.5 Å². The summed E-state index contributed by atoms with van der Waals surface area (Å²) in [6.45, 7) is 6.78. The molecule has 0 aliphatic carbocycles. The molecular formula is C19H23NO3. The van der Waals surface area contributed by atoms with Crippen LogP contribution in [0.25, 0.3) is 0 Å². The van der Waals surface area contributed by atoms with Crippen molar-refractivity contribution in [3.63, 3.8) is 0 Å². The van der Waals surface area contributed by atoms with Crippen LogP contribution >= 0.6 is 0 Å². The van der Waals surface area contributed by atoms with Gasteiger partial charge in [0.05, 0.1) is 6.61 Å². The van der Waals surface area contributed by atoms with Gasteiger partial charge in [0, 0.05) is 11.8 Å². The Labute approximate surface area is 137 Å². The second-order valence-corrected chi connectivity index (χ2v) is 5.89. The highest BCUT2D eigenvalue weighted by Gasteiger charge is 2.05. The third-order valence-corrected chi connectivity index (χ3v) is 3.06. The summed E-state index contributed by atoms with van der Waals surface area (Å²) >= 11 is 0. The van der Waals surface area contributed by atoms with Crippen molar-refractivity contribution in [2.24, 2.45) is 5.92 Å². The Kier molecular flexibility index (Phi) is 6.03. The molecule has 1 N–H and O–H groups in total. The average molecular weight is 313 g/mol. The molecular weight excluding hydrogens is 290 g/mol. The summed E-state index contributed by atoms with van der Waals surface area (Å²) in [6, 6.07) is 15.0. The smallest absolute Gasteiger partial charge is 0.262 e. The first-order valence-corrected chi connectivity index (χ1v) is 7.75.